The number of hydrogen-bond acceptors (Lipinski definition) is 5. The monoisotopic (exact) mass is 483 g/mol. The normalized spacial score (nSPS) is 11.1. The molecule has 2 heterocycles. The van der Waals surface area contributed by atoms with E-state index in [1.807, 2.05) is 24.5 Å². The van der Waals surface area contributed by atoms with Crippen LogP contribution in [-0.4, -0.2) is 35.2 Å². The Morgan fingerprint density at radius 2 is 1.60 bits per heavy atom. The second-order valence-corrected chi connectivity index (χ2v) is 9.03. The van der Waals surface area contributed by atoms with E-state index in [4.69, 9.17) is 9.47 Å². The van der Waals surface area contributed by atoms with E-state index < -0.39 is 0 Å². The van der Waals surface area contributed by atoms with Crippen molar-refractivity contribution in [1.82, 2.24) is 14.8 Å². The van der Waals surface area contributed by atoms with E-state index in [1.54, 1.807) is 26.0 Å². The summed E-state index contributed by atoms with van der Waals surface area (Å²) in [6.45, 7) is 2.76. The number of methoxy groups -OCH3 is 2. The summed E-state index contributed by atoms with van der Waals surface area (Å²) in [6, 6.07) is 25.0. The van der Waals surface area contributed by atoms with Crippen LogP contribution in [0.1, 0.15) is 11.1 Å². The fourth-order valence-corrected chi connectivity index (χ4v) is 4.77. The highest BCUT2D eigenvalue weighted by Crippen LogP contribution is 2.36. The van der Waals surface area contributed by atoms with Crippen LogP contribution in [0.15, 0.2) is 84.1 Å². The molecule has 0 amide bonds. The van der Waals surface area contributed by atoms with E-state index in [0.717, 1.165) is 33.1 Å². The average molecular weight is 484 g/mol. The molecule has 3 aromatic carbocycles. The lowest BCUT2D eigenvalue weighted by atomic mass is 10.0. The van der Waals surface area contributed by atoms with Gasteiger partial charge in [0.15, 0.2) is 11.5 Å². The summed E-state index contributed by atoms with van der Waals surface area (Å²) in [7, 11) is 3.32. The predicted octanol–water partition coefficient (Wildman–Crippen LogP) is 5.47. The molecule has 0 aliphatic heterocycles. The minimum atomic E-state index is 0.670. The lowest BCUT2D eigenvalue weighted by Crippen LogP contribution is -2.37. The maximum absolute atomic E-state index is 5.65. The van der Waals surface area contributed by atoms with Gasteiger partial charge in [-0.1, -0.05) is 71.9 Å². The minimum absolute atomic E-state index is 0.670. The van der Waals surface area contributed by atoms with Crippen molar-refractivity contribution in [2.24, 2.45) is 0 Å². The number of ether oxygens (including phenoxy) is 2. The quantitative estimate of drug-likeness (QED) is 0.227. The van der Waals surface area contributed by atoms with Crippen molar-refractivity contribution in [3.8, 4) is 28.7 Å². The summed E-state index contributed by atoms with van der Waals surface area (Å²) in [5.74, 6) is 2.14. The molecule has 6 nitrogen and oxygen atoms in total. The third kappa shape index (κ3) is 4.35. The van der Waals surface area contributed by atoms with Gasteiger partial charge < -0.3 is 9.47 Å². The van der Waals surface area contributed by atoms with Gasteiger partial charge in [-0.05, 0) is 47.4 Å². The number of nitrogens with zero attached hydrogens (tertiary/aromatic N) is 4. The van der Waals surface area contributed by atoms with Gasteiger partial charge in [-0.3, -0.25) is 0 Å². The second-order valence-electron chi connectivity index (χ2n) is 8.25. The minimum Gasteiger partial charge on any atom is -0.493 e. The predicted molar refractivity (Wildman–Crippen MR) is 140 cm³/mol. The van der Waals surface area contributed by atoms with E-state index >= 15 is 0 Å². The van der Waals surface area contributed by atoms with Gasteiger partial charge in [0.1, 0.15) is 5.69 Å². The molecule has 0 bridgehead atoms. The highest BCUT2D eigenvalue weighted by Gasteiger charge is 2.27. The Balaban J connectivity index is 1.79. The van der Waals surface area contributed by atoms with Crippen LogP contribution >= 0.6 is 11.8 Å². The summed E-state index contributed by atoms with van der Waals surface area (Å²) in [6.07, 6.45) is 4.08. The van der Waals surface area contributed by atoms with Crippen LogP contribution in [0.3, 0.4) is 0 Å². The van der Waals surface area contributed by atoms with Crippen LogP contribution < -0.4 is 14.0 Å². The van der Waals surface area contributed by atoms with Gasteiger partial charge in [0, 0.05) is 10.9 Å². The first-order chi connectivity index (χ1) is 17.1. The van der Waals surface area contributed by atoms with Crippen molar-refractivity contribution in [2.45, 2.75) is 18.6 Å². The summed E-state index contributed by atoms with van der Waals surface area (Å²) >= 11 is 1.59. The first kappa shape index (κ1) is 22.9. The fourth-order valence-electron chi connectivity index (χ4n) is 4.28. The third-order valence-electron chi connectivity index (χ3n) is 6.06. The lowest BCUT2D eigenvalue weighted by molar-refractivity contribution is -0.592. The van der Waals surface area contributed by atoms with Crippen LogP contribution in [0.25, 0.3) is 28.0 Å². The lowest BCUT2D eigenvalue weighted by Gasteiger charge is -2.15. The first-order valence-electron chi connectivity index (χ1n) is 11.3. The molecule has 0 spiro atoms. The van der Waals surface area contributed by atoms with Gasteiger partial charge in [-0.2, -0.15) is 9.13 Å². The molecule has 5 rings (SSSR count). The number of benzene rings is 3. The van der Waals surface area contributed by atoms with Gasteiger partial charge in [0.05, 0.1) is 32.1 Å². The molecule has 0 aliphatic carbocycles. The number of thioether (sulfide) groups is 1. The van der Waals surface area contributed by atoms with E-state index in [1.165, 1.54) is 11.1 Å². The summed E-state index contributed by atoms with van der Waals surface area (Å²) in [5, 5.41) is 12.1. The van der Waals surface area contributed by atoms with Gasteiger partial charge in [0.25, 0.3) is 5.16 Å². The molecule has 2 aromatic heterocycles. The fraction of sp³-hybridized carbons (Fsp3) is 0.179. The number of aromatic nitrogens is 4. The highest BCUT2D eigenvalue weighted by molar-refractivity contribution is 7.98. The maximum Gasteiger partial charge on any atom is 0.428 e. The zero-order chi connectivity index (χ0) is 24.4. The molecule has 0 atom stereocenters. The molecular weight excluding hydrogens is 456 g/mol. The van der Waals surface area contributed by atoms with Crippen molar-refractivity contribution in [3.63, 3.8) is 0 Å². The van der Waals surface area contributed by atoms with Crippen molar-refractivity contribution in [1.29, 1.82) is 0 Å². The summed E-state index contributed by atoms with van der Waals surface area (Å²) < 4.78 is 15.5. The Labute approximate surface area is 209 Å². The molecule has 0 saturated carbocycles. The molecule has 0 fully saturated rings. The molecule has 176 valence electrons. The number of rotatable bonds is 7. The van der Waals surface area contributed by atoms with E-state index in [2.05, 4.69) is 87.0 Å². The van der Waals surface area contributed by atoms with Crippen molar-refractivity contribution in [3.05, 3.63) is 90.1 Å². The van der Waals surface area contributed by atoms with Gasteiger partial charge in [0.2, 0.25) is 0 Å². The molecule has 0 saturated heterocycles. The molecule has 0 N–H and O–H groups in total. The Morgan fingerprint density at radius 3 is 2.29 bits per heavy atom. The van der Waals surface area contributed by atoms with Gasteiger partial charge in [-0.15, -0.1) is 0 Å². The Bertz CT molecular complexity index is 1480. The number of hydrogen-bond donors (Lipinski definition) is 0. The van der Waals surface area contributed by atoms with Crippen molar-refractivity contribution in [2.75, 3.05) is 20.5 Å². The van der Waals surface area contributed by atoms with Crippen LogP contribution in [0.5, 0.6) is 11.5 Å². The number of pyridine rings is 1. The van der Waals surface area contributed by atoms with E-state index in [-0.39, 0.29) is 0 Å². The Hall–Kier alpha value is -3.84. The Morgan fingerprint density at radius 1 is 0.886 bits per heavy atom. The zero-order valence-electron chi connectivity index (χ0n) is 20.2. The maximum atomic E-state index is 5.65. The van der Waals surface area contributed by atoms with E-state index in [9.17, 15) is 0 Å². The summed E-state index contributed by atoms with van der Waals surface area (Å²) in [4.78, 5) is 0. The first-order valence-corrected chi connectivity index (χ1v) is 12.5. The molecule has 0 radical (unpaired) electrons. The molecule has 0 unspecified atom stereocenters. The number of fused-ring (bicyclic) bond motifs is 1. The van der Waals surface area contributed by atoms with Crippen LogP contribution in [0, 0.1) is 6.92 Å². The van der Waals surface area contributed by atoms with Crippen LogP contribution in [0.2, 0.25) is 0 Å². The van der Waals surface area contributed by atoms with Crippen molar-refractivity contribution < 1.29 is 14.0 Å². The number of aryl methyl sites for hydroxylation is 1. The average Bonchev–Trinajstić information content (AvgIpc) is 3.30. The van der Waals surface area contributed by atoms with Gasteiger partial charge >= 0.3 is 5.95 Å². The third-order valence-corrected chi connectivity index (χ3v) is 6.73. The molecule has 0 aliphatic rings. The highest BCUT2D eigenvalue weighted by atomic mass is 32.2. The molecule has 35 heavy (non-hydrogen) atoms. The Kier molecular flexibility index (Phi) is 6.42. The molecule has 5 aromatic rings. The second kappa shape index (κ2) is 9.80. The van der Waals surface area contributed by atoms with Gasteiger partial charge in [-0.25, -0.2) is 0 Å². The molecule has 7 heteroatoms. The van der Waals surface area contributed by atoms with Crippen LogP contribution in [0.4, 0.5) is 0 Å². The van der Waals surface area contributed by atoms with E-state index in [0.29, 0.717) is 18.0 Å². The largest absolute Gasteiger partial charge is 0.493 e. The standard InChI is InChI=1S/C28H27N4O2S/c1-19-10-12-21(13-11-19)26-23-17-25(34-3)24(33-2)16-22(23)14-15-31(26)27-29-30-28(35-4)32(27)18-20-8-6-5-7-9-20/h5-17H,18H2,1-4H3/q+1. The smallest absolute Gasteiger partial charge is 0.428 e. The SMILES string of the molecule is COc1cc2cc[n+](-c3nnc(SC)n3Cc3ccccc3)c(-c3ccc(C)cc3)c2cc1OC. The van der Waals surface area contributed by atoms with Crippen molar-refractivity contribution >= 4 is 22.5 Å². The summed E-state index contributed by atoms with van der Waals surface area (Å²) in [5.41, 5.74) is 4.48. The van der Waals surface area contributed by atoms with Crippen LogP contribution in [-0.2, 0) is 6.54 Å². The zero-order valence-corrected chi connectivity index (χ0v) is 21.0. The molecular formula is C28H27N4O2S+. The topological polar surface area (TPSA) is 53.0 Å².